The van der Waals surface area contributed by atoms with E-state index in [2.05, 4.69) is 24.3 Å². The van der Waals surface area contributed by atoms with Crippen molar-refractivity contribution < 1.29 is 9.53 Å². The third-order valence-electron chi connectivity index (χ3n) is 4.74. The van der Waals surface area contributed by atoms with Crippen LogP contribution in [0.4, 0.5) is 5.69 Å². The number of rotatable bonds is 6. The first-order valence-corrected chi connectivity index (χ1v) is 9.49. The number of carbonyl (C=O) groups excluding carboxylic acids is 1. The summed E-state index contributed by atoms with van der Waals surface area (Å²) in [7, 11) is 0. The van der Waals surface area contributed by atoms with Gasteiger partial charge in [0.1, 0.15) is 5.75 Å². The third kappa shape index (κ3) is 3.52. The van der Waals surface area contributed by atoms with Gasteiger partial charge in [-0.15, -0.1) is 0 Å². The first-order chi connectivity index (χ1) is 13.1. The van der Waals surface area contributed by atoms with Crippen LogP contribution in [0, 0.1) is 0 Å². The van der Waals surface area contributed by atoms with Crippen molar-refractivity contribution in [3.8, 4) is 5.75 Å². The molecule has 27 heavy (non-hydrogen) atoms. The van der Waals surface area contributed by atoms with Crippen LogP contribution < -0.4 is 10.1 Å². The Balaban J connectivity index is 1.68. The molecule has 3 aromatic rings. The van der Waals surface area contributed by atoms with Gasteiger partial charge in [0.25, 0.3) is 5.91 Å². The summed E-state index contributed by atoms with van der Waals surface area (Å²) in [6.07, 6.45) is 4.01. The number of hydrogen-bond acceptors (Lipinski definition) is 4. The van der Waals surface area contributed by atoms with Gasteiger partial charge in [0.15, 0.2) is 5.65 Å². The van der Waals surface area contributed by atoms with Gasteiger partial charge >= 0.3 is 0 Å². The highest BCUT2D eigenvalue weighted by Crippen LogP contribution is 2.40. The fourth-order valence-corrected chi connectivity index (χ4v) is 3.19. The zero-order chi connectivity index (χ0) is 19.0. The van der Waals surface area contributed by atoms with Crippen LogP contribution in [0.25, 0.3) is 11.0 Å². The molecule has 4 rings (SSSR count). The van der Waals surface area contributed by atoms with Gasteiger partial charge in [-0.25, -0.2) is 9.67 Å². The molecule has 1 aromatic carbocycles. The second-order valence-corrected chi connectivity index (χ2v) is 7.20. The highest BCUT2D eigenvalue weighted by Gasteiger charge is 2.28. The molecule has 1 amide bonds. The second kappa shape index (κ2) is 7.02. The Morgan fingerprint density at radius 2 is 2.04 bits per heavy atom. The Morgan fingerprint density at radius 1 is 1.30 bits per heavy atom. The predicted molar refractivity (Wildman–Crippen MR) is 105 cm³/mol. The molecule has 2 heterocycles. The zero-order valence-corrected chi connectivity index (χ0v) is 15.9. The van der Waals surface area contributed by atoms with Crippen LogP contribution in [0.1, 0.15) is 61.6 Å². The molecular formula is C21H24N4O2. The molecular weight excluding hydrogens is 340 g/mol. The Kier molecular flexibility index (Phi) is 4.56. The molecule has 1 aliphatic carbocycles. The highest BCUT2D eigenvalue weighted by atomic mass is 16.5. The van der Waals surface area contributed by atoms with Crippen molar-refractivity contribution >= 4 is 22.6 Å². The van der Waals surface area contributed by atoms with Crippen molar-refractivity contribution in [3.05, 3.63) is 47.8 Å². The Hall–Kier alpha value is -2.89. The van der Waals surface area contributed by atoms with E-state index < -0.39 is 0 Å². The van der Waals surface area contributed by atoms with E-state index in [9.17, 15) is 4.79 Å². The summed E-state index contributed by atoms with van der Waals surface area (Å²) in [6, 6.07) is 9.52. The maximum Gasteiger partial charge on any atom is 0.256 e. The van der Waals surface area contributed by atoms with E-state index in [1.165, 1.54) is 0 Å². The number of ether oxygens (including phenoxy) is 1. The summed E-state index contributed by atoms with van der Waals surface area (Å²) in [6.45, 7) is 6.69. The Morgan fingerprint density at radius 3 is 2.67 bits per heavy atom. The number of nitrogens with zero attached hydrogens (tertiary/aromatic N) is 3. The molecule has 1 fully saturated rings. The average Bonchev–Trinajstić information content (AvgIpc) is 3.41. The number of anilines is 1. The van der Waals surface area contributed by atoms with Gasteiger partial charge in [-0.3, -0.25) is 4.79 Å². The molecule has 0 spiro atoms. The Bertz CT molecular complexity index is 972. The first kappa shape index (κ1) is 17.5. The molecule has 0 atom stereocenters. The third-order valence-corrected chi connectivity index (χ3v) is 4.74. The van der Waals surface area contributed by atoms with Gasteiger partial charge in [0.2, 0.25) is 0 Å². The summed E-state index contributed by atoms with van der Waals surface area (Å²) < 4.78 is 7.33. The molecule has 0 unspecified atom stereocenters. The van der Waals surface area contributed by atoms with E-state index in [0.717, 1.165) is 41.0 Å². The number of aromatic nitrogens is 3. The predicted octanol–water partition coefficient (Wildman–Crippen LogP) is 4.54. The molecule has 0 saturated heterocycles. The normalized spacial score (nSPS) is 13.9. The topological polar surface area (TPSA) is 69.0 Å². The lowest BCUT2D eigenvalue weighted by Crippen LogP contribution is -2.14. The highest BCUT2D eigenvalue weighted by molar-refractivity contribution is 6.12. The summed E-state index contributed by atoms with van der Waals surface area (Å²) in [5.74, 6) is 1.11. The minimum absolute atomic E-state index is 0.142. The molecule has 2 aromatic heterocycles. The number of pyridine rings is 1. The van der Waals surface area contributed by atoms with Crippen molar-refractivity contribution in [2.45, 2.75) is 45.6 Å². The molecule has 1 saturated carbocycles. The van der Waals surface area contributed by atoms with Gasteiger partial charge in [-0.2, -0.15) is 5.10 Å². The van der Waals surface area contributed by atoms with Gasteiger partial charge in [0, 0.05) is 23.3 Å². The minimum atomic E-state index is -0.142. The van der Waals surface area contributed by atoms with Crippen molar-refractivity contribution in [2.75, 3.05) is 11.9 Å². The minimum Gasteiger partial charge on any atom is -0.494 e. The van der Waals surface area contributed by atoms with E-state index in [1.807, 2.05) is 41.9 Å². The van der Waals surface area contributed by atoms with Crippen LogP contribution in [0.15, 0.2) is 36.5 Å². The first-order valence-electron chi connectivity index (χ1n) is 9.49. The second-order valence-electron chi connectivity index (χ2n) is 7.20. The van der Waals surface area contributed by atoms with Gasteiger partial charge in [0.05, 0.1) is 23.8 Å². The quantitative estimate of drug-likeness (QED) is 0.697. The van der Waals surface area contributed by atoms with Gasteiger partial charge in [-0.05, 0) is 63.9 Å². The lowest BCUT2D eigenvalue weighted by atomic mass is 10.1. The number of hydrogen-bond donors (Lipinski definition) is 1. The van der Waals surface area contributed by atoms with Crippen LogP contribution >= 0.6 is 0 Å². The number of carbonyl (C=O) groups is 1. The van der Waals surface area contributed by atoms with Crippen LogP contribution in [-0.2, 0) is 0 Å². The number of fused-ring (bicyclic) bond motifs is 1. The lowest BCUT2D eigenvalue weighted by Gasteiger charge is -2.11. The maximum absolute atomic E-state index is 13.0. The van der Waals surface area contributed by atoms with Gasteiger partial charge in [-0.1, -0.05) is 0 Å². The van der Waals surface area contributed by atoms with Crippen molar-refractivity contribution in [1.29, 1.82) is 0 Å². The van der Waals surface area contributed by atoms with E-state index in [-0.39, 0.29) is 11.9 Å². The fourth-order valence-electron chi connectivity index (χ4n) is 3.19. The monoisotopic (exact) mass is 364 g/mol. The standard InChI is InChI=1S/C21H24N4O2/c1-4-27-16-9-7-15(8-10-16)23-21(26)17-11-19(14-5-6-14)24-20-18(17)12-22-25(20)13(2)3/h7-14H,4-6H2,1-3H3,(H,23,26). The largest absolute Gasteiger partial charge is 0.494 e. The van der Waals surface area contributed by atoms with Gasteiger partial charge < -0.3 is 10.1 Å². The van der Waals surface area contributed by atoms with Crippen molar-refractivity contribution in [3.63, 3.8) is 0 Å². The molecule has 0 radical (unpaired) electrons. The molecule has 1 N–H and O–H groups in total. The molecule has 1 aliphatic rings. The smallest absolute Gasteiger partial charge is 0.256 e. The van der Waals surface area contributed by atoms with E-state index >= 15 is 0 Å². The van der Waals surface area contributed by atoms with Crippen LogP contribution in [0.5, 0.6) is 5.75 Å². The number of amides is 1. The molecule has 0 aliphatic heterocycles. The fraction of sp³-hybridized carbons (Fsp3) is 0.381. The molecule has 6 nitrogen and oxygen atoms in total. The van der Waals surface area contributed by atoms with E-state index in [1.54, 1.807) is 6.20 Å². The zero-order valence-electron chi connectivity index (χ0n) is 15.9. The molecule has 140 valence electrons. The number of benzene rings is 1. The Labute approximate surface area is 158 Å². The summed E-state index contributed by atoms with van der Waals surface area (Å²) in [5.41, 5.74) is 3.13. The van der Waals surface area contributed by atoms with Crippen LogP contribution in [-0.4, -0.2) is 27.3 Å². The van der Waals surface area contributed by atoms with Crippen LogP contribution in [0.3, 0.4) is 0 Å². The SMILES string of the molecule is CCOc1ccc(NC(=O)c2cc(C3CC3)nc3c2cnn3C(C)C)cc1. The maximum atomic E-state index is 13.0. The average molecular weight is 364 g/mol. The molecule has 6 heteroatoms. The van der Waals surface area contributed by atoms with Crippen LogP contribution in [0.2, 0.25) is 0 Å². The van der Waals surface area contributed by atoms with E-state index in [4.69, 9.17) is 9.72 Å². The van der Waals surface area contributed by atoms with E-state index in [0.29, 0.717) is 18.1 Å². The van der Waals surface area contributed by atoms with Crippen molar-refractivity contribution in [2.24, 2.45) is 0 Å². The summed E-state index contributed by atoms with van der Waals surface area (Å²) >= 11 is 0. The summed E-state index contributed by atoms with van der Waals surface area (Å²) in [4.78, 5) is 17.8. The number of nitrogens with one attached hydrogen (secondary N) is 1. The summed E-state index contributed by atoms with van der Waals surface area (Å²) in [5, 5.41) is 8.23. The van der Waals surface area contributed by atoms with Crippen molar-refractivity contribution in [1.82, 2.24) is 14.8 Å². The molecule has 0 bridgehead atoms. The lowest BCUT2D eigenvalue weighted by molar-refractivity contribution is 0.102.